The van der Waals surface area contributed by atoms with Crippen LogP contribution in [0.15, 0.2) is 24.4 Å². The highest BCUT2D eigenvalue weighted by Crippen LogP contribution is 2.35. The zero-order chi connectivity index (χ0) is 14.2. The van der Waals surface area contributed by atoms with E-state index in [2.05, 4.69) is 5.10 Å². The van der Waals surface area contributed by atoms with Crippen molar-refractivity contribution in [3.8, 4) is 0 Å². The first kappa shape index (κ1) is 14.1. The summed E-state index contributed by atoms with van der Waals surface area (Å²) in [5, 5.41) is 15.7. The average Bonchev–Trinajstić information content (AvgIpc) is 2.74. The Labute approximate surface area is 118 Å². The first-order valence-corrected chi connectivity index (χ1v) is 6.77. The largest absolute Gasteiger partial charge is 0.379 e. The zero-order valence-corrected chi connectivity index (χ0v) is 12.5. The molecule has 2 rings (SSSR count). The monoisotopic (exact) mass is 278 g/mol. The quantitative estimate of drug-likeness (QED) is 0.934. The van der Waals surface area contributed by atoms with Gasteiger partial charge in [0.15, 0.2) is 0 Å². The predicted molar refractivity (Wildman–Crippen MR) is 77.5 cm³/mol. The topological polar surface area (TPSA) is 38.0 Å². The van der Waals surface area contributed by atoms with E-state index in [9.17, 15) is 5.11 Å². The van der Waals surface area contributed by atoms with Crippen molar-refractivity contribution in [2.75, 3.05) is 0 Å². The smallest absolute Gasteiger partial charge is 0.130 e. The van der Waals surface area contributed by atoms with Crippen molar-refractivity contribution in [3.05, 3.63) is 51.8 Å². The number of hydrogen-bond donors (Lipinski definition) is 1. The first-order valence-electron chi connectivity index (χ1n) is 6.39. The van der Waals surface area contributed by atoms with Gasteiger partial charge in [0.2, 0.25) is 0 Å². The molecule has 0 aliphatic carbocycles. The summed E-state index contributed by atoms with van der Waals surface area (Å²) in [5.41, 5.74) is 2.50. The van der Waals surface area contributed by atoms with Crippen LogP contribution < -0.4 is 0 Å². The van der Waals surface area contributed by atoms with Crippen molar-refractivity contribution in [1.29, 1.82) is 0 Å². The molecular formula is C15H19ClN2O. The Morgan fingerprint density at radius 2 is 2.05 bits per heavy atom. The van der Waals surface area contributed by atoms with E-state index in [1.165, 1.54) is 0 Å². The van der Waals surface area contributed by atoms with Crippen LogP contribution in [0.25, 0.3) is 0 Å². The molecule has 0 radical (unpaired) electrons. The van der Waals surface area contributed by atoms with Gasteiger partial charge in [-0.05, 0) is 38.8 Å². The Morgan fingerprint density at radius 3 is 2.68 bits per heavy atom. The Balaban J connectivity index is 2.64. The second kappa shape index (κ2) is 4.99. The molecule has 0 fully saturated rings. The summed E-state index contributed by atoms with van der Waals surface area (Å²) >= 11 is 6.21. The fourth-order valence-electron chi connectivity index (χ4n) is 2.47. The highest BCUT2D eigenvalue weighted by Gasteiger charge is 2.33. The van der Waals surface area contributed by atoms with Crippen LogP contribution in [0.5, 0.6) is 0 Å². The Kier molecular flexibility index (Phi) is 3.70. The molecular weight excluding hydrogens is 260 g/mol. The van der Waals surface area contributed by atoms with Crippen molar-refractivity contribution in [2.45, 2.75) is 39.8 Å². The average molecular weight is 279 g/mol. The van der Waals surface area contributed by atoms with Crippen LogP contribution in [0.1, 0.15) is 36.2 Å². The van der Waals surface area contributed by atoms with Gasteiger partial charge in [-0.1, -0.05) is 35.4 Å². The van der Waals surface area contributed by atoms with Gasteiger partial charge < -0.3 is 5.11 Å². The van der Waals surface area contributed by atoms with E-state index < -0.39 is 5.60 Å². The minimum Gasteiger partial charge on any atom is -0.379 e. The minimum atomic E-state index is -1.15. The number of halogens is 1. The lowest BCUT2D eigenvalue weighted by molar-refractivity contribution is 0.0911. The van der Waals surface area contributed by atoms with Crippen molar-refractivity contribution in [2.24, 2.45) is 0 Å². The third kappa shape index (κ3) is 2.40. The van der Waals surface area contributed by atoms with Gasteiger partial charge in [0.1, 0.15) is 5.60 Å². The summed E-state index contributed by atoms with van der Waals surface area (Å²) in [5.74, 6) is 0. The third-order valence-electron chi connectivity index (χ3n) is 3.47. The number of aryl methyl sites for hydroxylation is 3. The molecule has 4 heteroatoms. The van der Waals surface area contributed by atoms with Gasteiger partial charge in [-0.2, -0.15) is 5.10 Å². The molecule has 0 amide bonds. The van der Waals surface area contributed by atoms with Gasteiger partial charge >= 0.3 is 0 Å². The van der Waals surface area contributed by atoms with Crippen LogP contribution >= 0.6 is 11.6 Å². The Bertz CT molecular complexity index is 602. The molecule has 0 saturated carbocycles. The molecule has 0 spiro atoms. The van der Waals surface area contributed by atoms with Crippen LogP contribution in [0.3, 0.4) is 0 Å². The van der Waals surface area contributed by atoms with Crippen LogP contribution in [0, 0.1) is 13.8 Å². The molecule has 1 unspecified atom stereocenters. The van der Waals surface area contributed by atoms with E-state index in [0.29, 0.717) is 17.3 Å². The number of hydrogen-bond acceptors (Lipinski definition) is 2. The summed E-state index contributed by atoms with van der Waals surface area (Å²) < 4.78 is 1.74. The summed E-state index contributed by atoms with van der Waals surface area (Å²) in [6.07, 6.45) is 1.58. The number of aromatic nitrogens is 2. The lowest BCUT2D eigenvalue weighted by Crippen LogP contribution is -2.28. The van der Waals surface area contributed by atoms with Crippen molar-refractivity contribution in [1.82, 2.24) is 9.78 Å². The molecule has 1 atom stereocenters. The Morgan fingerprint density at radius 1 is 1.37 bits per heavy atom. The molecule has 0 aliphatic rings. The highest BCUT2D eigenvalue weighted by atomic mass is 35.5. The molecule has 0 saturated heterocycles. The van der Waals surface area contributed by atoms with E-state index in [-0.39, 0.29) is 0 Å². The Hall–Kier alpha value is -1.32. The molecule has 1 aromatic carbocycles. The maximum Gasteiger partial charge on any atom is 0.130 e. The molecule has 0 aliphatic heterocycles. The number of aliphatic hydroxyl groups is 1. The highest BCUT2D eigenvalue weighted by molar-refractivity contribution is 6.31. The second-order valence-corrected chi connectivity index (χ2v) is 5.45. The van der Waals surface area contributed by atoms with E-state index in [1.807, 2.05) is 39.0 Å². The van der Waals surface area contributed by atoms with Gasteiger partial charge in [-0.15, -0.1) is 0 Å². The van der Waals surface area contributed by atoms with E-state index in [1.54, 1.807) is 17.8 Å². The standard InChI is InChI=1S/C15H19ClN2O/c1-5-18-14(13(16)9-17-18)15(4,19)12-8-10(2)6-7-11(12)3/h6-9,19H,5H2,1-4H3. The number of rotatable bonds is 3. The molecule has 1 heterocycles. The molecule has 3 nitrogen and oxygen atoms in total. The fraction of sp³-hybridized carbons (Fsp3) is 0.400. The van der Waals surface area contributed by atoms with E-state index in [0.717, 1.165) is 16.7 Å². The van der Waals surface area contributed by atoms with Crippen LogP contribution in [-0.4, -0.2) is 14.9 Å². The summed E-state index contributed by atoms with van der Waals surface area (Å²) in [6, 6.07) is 6.05. The van der Waals surface area contributed by atoms with Gasteiger partial charge in [0.05, 0.1) is 16.9 Å². The van der Waals surface area contributed by atoms with Gasteiger partial charge in [-0.3, -0.25) is 4.68 Å². The van der Waals surface area contributed by atoms with Crippen LogP contribution in [-0.2, 0) is 12.1 Å². The predicted octanol–water partition coefficient (Wildman–Crippen LogP) is 3.43. The molecule has 2 aromatic rings. The lowest BCUT2D eigenvalue weighted by atomic mass is 9.88. The molecule has 19 heavy (non-hydrogen) atoms. The van der Waals surface area contributed by atoms with Gasteiger partial charge in [0, 0.05) is 6.54 Å². The van der Waals surface area contributed by atoms with Crippen molar-refractivity contribution >= 4 is 11.6 Å². The van der Waals surface area contributed by atoms with Crippen LogP contribution in [0.2, 0.25) is 5.02 Å². The molecule has 1 aromatic heterocycles. The van der Waals surface area contributed by atoms with Gasteiger partial charge in [-0.25, -0.2) is 0 Å². The molecule has 0 bridgehead atoms. The maximum absolute atomic E-state index is 11.0. The van der Waals surface area contributed by atoms with E-state index in [4.69, 9.17) is 11.6 Å². The normalized spacial score (nSPS) is 14.4. The summed E-state index contributed by atoms with van der Waals surface area (Å²) in [6.45, 7) is 8.42. The van der Waals surface area contributed by atoms with E-state index >= 15 is 0 Å². The third-order valence-corrected chi connectivity index (χ3v) is 3.75. The van der Waals surface area contributed by atoms with Crippen LogP contribution in [0.4, 0.5) is 0 Å². The maximum atomic E-state index is 11.0. The first-order chi connectivity index (χ1) is 8.87. The summed E-state index contributed by atoms with van der Waals surface area (Å²) in [7, 11) is 0. The SMILES string of the molecule is CCn1ncc(Cl)c1C(C)(O)c1cc(C)ccc1C. The number of benzene rings is 1. The molecule has 1 N–H and O–H groups in total. The second-order valence-electron chi connectivity index (χ2n) is 5.05. The lowest BCUT2D eigenvalue weighted by Gasteiger charge is -2.27. The number of nitrogens with zero attached hydrogens (tertiary/aromatic N) is 2. The van der Waals surface area contributed by atoms with Crippen molar-refractivity contribution in [3.63, 3.8) is 0 Å². The molecule has 102 valence electrons. The van der Waals surface area contributed by atoms with Crippen molar-refractivity contribution < 1.29 is 5.11 Å². The van der Waals surface area contributed by atoms with Gasteiger partial charge in [0.25, 0.3) is 0 Å². The summed E-state index contributed by atoms with van der Waals surface area (Å²) in [4.78, 5) is 0. The zero-order valence-electron chi connectivity index (χ0n) is 11.7. The fourth-order valence-corrected chi connectivity index (χ4v) is 2.80. The minimum absolute atomic E-state index is 0.493.